The molecule has 0 radical (unpaired) electrons. The molecule has 0 aromatic heterocycles. The minimum atomic E-state index is -0.428. The Labute approximate surface area is 182 Å². The number of likely N-dealkylation sites (tertiary alicyclic amines) is 1. The molecule has 0 spiro atoms. The summed E-state index contributed by atoms with van der Waals surface area (Å²) < 4.78 is 24.2. The summed E-state index contributed by atoms with van der Waals surface area (Å²) in [6.07, 6.45) is 1.87. The molecule has 166 valence electrons. The number of methoxy groups -OCH3 is 2. The third kappa shape index (κ3) is 5.16. The Morgan fingerprint density at radius 1 is 1.10 bits per heavy atom. The second-order valence-electron chi connectivity index (χ2n) is 7.68. The first-order chi connectivity index (χ1) is 15.0. The van der Waals surface area contributed by atoms with Gasteiger partial charge in [-0.1, -0.05) is 13.3 Å². The van der Waals surface area contributed by atoms with Crippen LogP contribution in [0, 0.1) is 11.7 Å². The van der Waals surface area contributed by atoms with E-state index in [1.54, 1.807) is 25.2 Å². The van der Waals surface area contributed by atoms with Gasteiger partial charge in [-0.3, -0.25) is 9.59 Å². The van der Waals surface area contributed by atoms with E-state index in [2.05, 4.69) is 12.2 Å². The minimum absolute atomic E-state index is 0.0854. The van der Waals surface area contributed by atoms with E-state index in [4.69, 9.17) is 9.47 Å². The number of nitrogens with zero attached hydrogens (tertiary/aromatic N) is 1. The van der Waals surface area contributed by atoms with Crippen LogP contribution in [0.5, 0.6) is 11.5 Å². The number of carbonyl (C=O) groups is 2. The summed E-state index contributed by atoms with van der Waals surface area (Å²) in [6, 6.07) is 10.9. The summed E-state index contributed by atoms with van der Waals surface area (Å²) in [5.41, 5.74) is 1.22. The lowest BCUT2D eigenvalue weighted by atomic mass is 9.87. The van der Waals surface area contributed by atoms with E-state index < -0.39 is 11.7 Å². The van der Waals surface area contributed by atoms with Crippen LogP contribution in [0.3, 0.4) is 0 Å². The third-order valence-electron chi connectivity index (χ3n) is 5.70. The van der Waals surface area contributed by atoms with Crippen LogP contribution >= 0.6 is 0 Å². The van der Waals surface area contributed by atoms with Crippen LogP contribution in [0.1, 0.15) is 41.6 Å². The van der Waals surface area contributed by atoms with Crippen molar-refractivity contribution in [1.29, 1.82) is 0 Å². The molecule has 1 N–H and O–H groups in total. The van der Waals surface area contributed by atoms with Gasteiger partial charge in [0.15, 0.2) is 0 Å². The van der Waals surface area contributed by atoms with Crippen molar-refractivity contribution >= 4 is 11.8 Å². The number of hydrogen-bond donors (Lipinski definition) is 1. The van der Waals surface area contributed by atoms with Gasteiger partial charge in [-0.05, 0) is 48.9 Å². The van der Waals surface area contributed by atoms with Gasteiger partial charge in [-0.15, -0.1) is 0 Å². The fourth-order valence-electron chi connectivity index (χ4n) is 3.97. The molecule has 2 aromatic rings. The molecule has 0 saturated carbocycles. The number of rotatable bonds is 8. The van der Waals surface area contributed by atoms with E-state index in [0.717, 1.165) is 18.4 Å². The Balaban J connectivity index is 1.91. The number of ether oxygens (including phenoxy) is 2. The van der Waals surface area contributed by atoms with Gasteiger partial charge in [-0.2, -0.15) is 0 Å². The van der Waals surface area contributed by atoms with Crippen LogP contribution in [0.15, 0.2) is 42.5 Å². The first kappa shape index (κ1) is 22.6. The zero-order valence-corrected chi connectivity index (χ0v) is 18.2. The smallest absolute Gasteiger partial charge is 0.253 e. The van der Waals surface area contributed by atoms with Crippen LogP contribution in [-0.4, -0.2) is 50.6 Å². The van der Waals surface area contributed by atoms with Crippen molar-refractivity contribution in [3.8, 4) is 11.5 Å². The molecule has 2 aromatic carbocycles. The average Bonchev–Trinajstić information content (AvgIpc) is 3.24. The van der Waals surface area contributed by atoms with Gasteiger partial charge in [0.05, 0.1) is 20.1 Å². The fraction of sp³-hybridized carbons (Fsp3) is 0.417. The number of benzene rings is 2. The van der Waals surface area contributed by atoms with Gasteiger partial charge < -0.3 is 19.7 Å². The van der Waals surface area contributed by atoms with Gasteiger partial charge in [0.25, 0.3) is 5.91 Å². The summed E-state index contributed by atoms with van der Waals surface area (Å²) in [5.74, 6) is -0.0885. The van der Waals surface area contributed by atoms with Crippen LogP contribution in [0.2, 0.25) is 0 Å². The zero-order chi connectivity index (χ0) is 22.4. The number of carbonyl (C=O) groups excluding carboxylic acids is 2. The molecule has 1 fully saturated rings. The highest BCUT2D eigenvalue weighted by atomic mass is 19.1. The lowest BCUT2D eigenvalue weighted by molar-refractivity contribution is -0.124. The number of halogens is 1. The predicted molar refractivity (Wildman–Crippen MR) is 116 cm³/mol. The molecule has 1 saturated heterocycles. The summed E-state index contributed by atoms with van der Waals surface area (Å²) in [5, 5.41) is 3.00. The van der Waals surface area contributed by atoms with Crippen molar-refractivity contribution in [3.63, 3.8) is 0 Å². The summed E-state index contributed by atoms with van der Waals surface area (Å²) >= 11 is 0. The van der Waals surface area contributed by atoms with Crippen LogP contribution in [0.4, 0.5) is 4.39 Å². The van der Waals surface area contributed by atoms with E-state index in [0.29, 0.717) is 30.2 Å². The van der Waals surface area contributed by atoms with Crippen LogP contribution in [0.25, 0.3) is 0 Å². The second-order valence-corrected chi connectivity index (χ2v) is 7.68. The van der Waals surface area contributed by atoms with E-state index in [1.807, 2.05) is 12.1 Å². The maximum atomic E-state index is 13.3. The van der Waals surface area contributed by atoms with Gasteiger partial charge in [0, 0.05) is 36.7 Å². The van der Waals surface area contributed by atoms with Crippen molar-refractivity contribution < 1.29 is 23.5 Å². The van der Waals surface area contributed by atoms with Crippen molar-refractivity contribution in [3.05, 3.63) is 59.4 Å². The lowest BCUT2D eigenvalue weighted by Crippen LogP contribution is -2.36. The van der Waals surface area contributed by atoms with Gasteiger partial charge in [0.1, 0.15) is 17.3 Å². The molecule has 7 heteroatoms. The monoisotopic (exact) mass is 428 g/mol. The van der Waals surface area contributed by atoms with Crippen molar-refractivity contribution in [2.75, 3.05) is 33.9 Å². The molecule has 0 unspecified atom stereocenters. The maximum absolute atomic E-state index is 13.3. The van der Waals surface area contributed by atoms with Crippen molar-refractivity contribution in [2.24, 2.45) is 5.92 Å². The highest BCUT2D eigenvalue weighted by Crippen LogP contribution is 2.40. The van der Waals surface area contributed by atoms with Crippen molar-refractivity contribution in [1.82, 2.24) is 10.2 Å². The average molecular weight is 429 g/mol. The molecule has 0 aliphatic carbocycles. The summed E-state index contributed by atoms with van der Waals surface area (Å²) in [7, 11) is 3.16. The summed E-state index contributed by atoms with van der Waals surface area (Å²) in [4.78, 5) is 27.7. The fourth-order valence-corrected chi connectivity index (χ4v) is 3.97. The number of amides is 2. The quantitative estimate of drug-likeness (QED) is 0.652. The Kier molecular flexibility index (Phi) is 7.50. The second kappa shape index (κ2) is 10.3. The van der Waals surface area contributed by atoms with E-state index in [1.165, 1.54) is 24.3 Å². The van der Waals surface area contributed by atoms with Gasteiger partial charge in [0.2, 0.25) is 5.91 Å². The van der Waals surface area contributed by atoms with Gasteiger partial charge >= 0.3 is 0 Å². The summed E-state index contributed by atoms with van der Waals surface area (Å²) in [6.45, 7) is 3.29. The Morgan fingerprint density at radius 3 is 2.48 bits per heavy atom. The molecule has 6 nitrogen and oxygen atoms in total. The number of hydrogen-bond acceptors (Lipinski definition) is 4. The molecular weight excluding hydrogens is 399 g/mol. The molecule has 31 heavy (non-hydrogen) atoms. The van der Waals surface area contributed by atoms with E-state index in [-0.39, 0.29) is 24.3 Å². The zero-order valence-electron chi connectivity index (χ0n) is 18.2. The number of unbranched alkanes of at least 4 members (excludes halogenated alkanes) is 1. The topological polar surface area (TPSA) is 67.9 Å². The minimum Gasteiger partial charge on any atom is -0.497 e. The maximum Gasteiger partial charge on any atom is 0.253 e. The van der Waals surface area contributed by atoms with Crippen molar-refractivity contribution in [2.45, 2.75) is 25.7 Å². The Bertz CT molecular complexity index is 916. The molecule has 0 bridgehead atoms. The molecule has 1 aliphatic rings. The normalized spacial score (nSPS) is 18.0. The molecule has 2 atom stereocenters. The number of nitrogens with one attached hydrogen (secondary N) is 1. The predicted octanol–water partition coefficient (Wildman–Crippen LogP) is 3.62. The standard InChI is InChI=1S/C24H29FN2O4/c1-4-5-12-26-23(28)21-15-27(24(29)16-6-8-17(25)9-7-16)14-20(21)19-13-18(30-2)10-11-22(19)31-3/h6-11,13,20-21H,4-5,12,14-15H2,1-3H3,(H,26,28)/t20-,21+/m0/s1. The third-order valence-corrected chi connectivity index (χ3v) is 5.70. The van der Waals surface area contributed by atoms with E-state index in [9.17, 15) is 14.0 Å². The molecule has 3 rings (SSSR count). The highest BCUT2D eigenvalue weighted by molar-refractivity contribution is 5.95. The molecular formula is C24H29FN2O4. The first-order valence-electron chi connectivity index (χ1n) is 10.5. The lowest BCUT2D eigenvalue weighted by Gasteiger charge is -2.21. The highest BCUT2D eigenvalue weighted by Gasteiger charge is 2.41. The largest absolute Gasteiger partial charge is 0.497 e. The first-order valence-corrected chi connectivity index (χ1v) is 10.5. The SMILES string of the molecule is CCCCNC(=O)[C@@H]1CN(C(=O)c2ccc(F)cc2)C[C@H]1c1cc(OC)ccc1OC. The Hall–Kier alpha value is -3.09. The van der Waals surface area contributed by atoms with E-state index >= 15 is 0 Å². The molecule has 2 amide bonds. The van der Waals surface area contributed by atoms with Crippen LogP contribution < -0.4 is 14.8 Å². The molecule has 1 aliphatic heterocycles. The van der Waals surface area contributed by atoms with Gasteiger partial charge in [-0.25, -0.2) is 4.39 Å². The Morgan fingerprint density at radius 2 is 1.84 bits per heavy atom. The van der Waals surface area contributed by atoms with Crippen LogP contribution in [-0.2, 0) is 4.79 Å². The molecule has 1 heterocycles.